The van der Waals surface area contributed by atoms with E-state index >= 15 is 0 Å². The molecule has 1 N–H and O–H groups in total. The van der Waals surface area contributed by atoms with Crippen LogP contribution in [-0.4, -0.2) is 21.6 Å². The van der Waals surface area contributed by atoms with E-state index in [1.807, 2.05) is 13.2 Å². The van der Waals surface area contributed by atoms with Gasteiger partial charge < -0.3 is 5.32 Å². The Hall–Kier alpha value is -1.58. The second-order valence-corrected chi connectivity index (χ2v) is 2.21. The molecular weight excluding hydrogens is 140 g/mol. The third-order valence-electron chi connectivity index (χ3n) is 1.59. The SMILES string of the molecule is CNc1cnn2ccncc12. The quantitative estimate of drug-likeness (QED) is 0.649. The van der Waals surface area contributed by atoms with Crippen LogP contribution in [0.3, 0.4) is 0 Å². The van der Waals surface area contributed by atoms with E-state index < -0.39 is 0 Å². The molecule has 0 atom stereocenters. The van der Waals surface area contributed by atoms with Crippen molar-refractivity contribution in [3.05, 3.63) is 24.8 Å². The van der Waals surface area contributed by atoms with Crippen LogP contribution in [0, 0.1) is 0 Å². The highest BCUT2D eigenvalue weighted by atomic mass is 15.2. The van der Waals surface area contributed by atoms with Crippen molar-refractivity contribution in [3.8, 4) is 0 Å². The van der Waals surface area contributed by atoms with E-state index in [-0.39, 0.29) is 0 Å². The highest BCUT2D eigenvalue weighted by Crippen LogP contribution is 2.12. The molecule has 4 heteroatoms. The Morgan fingerprint density at radius 1 is 1.45 bits per heavy atom. The van der Waals surface area contributed by atoms with Gasteiger partial charge >= 0.3 is 0 Å². The summed E-state index contributed by atoms with van der Waals surface area (Å²) in [4.78, 5) is 3.99. The molecule has 2 heterocycles. The first-order valence-electron chi connectivity index (χ1n) is 3.37. The molecule has 0 aliphatic heterocycles. The topological polar surface area (TPSA) is 42.2 Å². The molecule has 0 radical (unpaired) electrons. The Morgan fingerprint density at radius 2 is 2.36 bits per heavy atom. The van der Waals surface area contributed by atoms with E-state index in [4.69, 9.17) is 0 Å². The van der Waals surface area contributed by atoms with Gasteiger partial charge in [0.2, 0.25) is 0 Å². The van der Waals surface area contributed by atoms with Crippen molar-refractivity contribution >= 4 is 11.2 Å². The van der Waals surface area contributed by atoms with Gasteiger partial charge in [-0.2, -0.15) is 5.10 Å². The molecule has 0 unspecified atom stereocenters. The minimum Gasteiger partial charge on any atom is -0.385 e. The van der Waals surface area contributed by atoms with Crippen LogP contribution in [0.4, 0.5) is 5.69 Å². The van der Waals surface area contributed by atoms with E-state index in [0.717, 1.165) is 11.2 Å². The average Bonchev–Trinajstić information content (AvgIpc) is 2.47. The fourth-order valence-corrected chi connectivity index (χ4v) is 1.03. The first kappa shape index (κ1) is 6.15. The lowest BCUT2D eigenvalue weighted by atomic mass is 10.4. The molecule has 0 spiro atoms. The third kappa shape index (κ3) is 0.832. The molecular formula is C7H8N4. The Kier molecular flexibility index (Phi) is 1.25. The van der Waals surface area contributed by atoms with Gasteiger partial charge in [-0.3, -0.25) is 4.98 Å². The number of nitrogens with one attached hydrogen (secondary N) is 1. The summed E-state index contributed by atoms with van der Waals surface area (Å²) in [7, 11) is 1.87. The molecule has 11 heavy (non-hydrogen) atoms. The molecule has 0 aliphatic rings. The van der Waals surface area contributed by atoms with Crippen LogP contribution in [0.15, 0.2) is 24.8 Å². The summed E-state index contributed by atoms with van der Waals surface area (Å²) in [6.45, 7) is 0. The van der Waals surface area contributed by atoms with Crippen LogP contribution in [0.1, 0.15) is 0 Å². The standard InChI is InChI=1S/C7H8N4/c1-8-6-4-10-11-3-2-9-5-7(6)11/h2-5,8H,1H3. The van der Waals surface area contributed by atoms with Crippen LogP contribution in [0.2, 0.25) is 0 Å². The number of hydrogen-bond donors (Lipinski definition) is 1. The number of rotatable bonds is 1. The van der Waals surface area contributed by atoms with Crippen molar-refractivity contribution < 1.29 is 0 Å². The lowest BCUT2D eigenvalue weighted by Crippen LogP contribution is -1.88. The lowest BCUT2D eigenvalue weighted by molar-refractivity contribution is 0.946. The van der Waals surface area contributed by atoms with Gasteiger partial charge in [0.25, 0.3) is 0 Å². The third-order valence-corrected chi connectivity index (χ3v) is 1.59. The molecule has 0 saturated carbocycles. The Labute approximate surface area is 63.9 Å². The lowest BCUT2D eigenvalue weighted by Gasteiger charge is -1.93. The average molecular weight is 148 g/mol. The minimum absolute atomic E-state index is 0.995. The molecule has 4 nitrogen and oxygen atoms in total. The zero-order chi connectivity index (χ0) is 7.68. The Bertz CT molecular complexity index is 365. The zero-order valence-electron chi connectivity index (χ0n) is 6.15. The summed E-state index contributed by atoms with van der Waals surface area (Å²) in [5.74, 6) is 0. The number of nitrogens with zero attached hydrogens (tertiary/aromatic N) is 3. The summed E-state index contributed by atoms with van der Waals surface area (Å²) in [6, 6.07) is 0. The fraction of sp³-hybridized carbons (Fsp3) is 0.143. The predicted octanol–water partition coefficient (Wildman–Crippen LogP) is 0.771. The molecule has 0 fully saturated rings. The number of anilines is 1. The minimum atomic E-state index is 0.995. The zero-order valence-corrected chi connectivity index (χ0v) is 6.15. The van der Waals surface area contributed by atoms with Gasteiger partial charge in [-0.25, -0.2) is 4.52 Å². The number of aromatic nitrogens is 3. The van der Waals surface area contributed by atoms with Crippen molar-refractivity contribution in [2.24, 2.45) is 0 Å². The van der Waals surface area contributed by atoms with Crippen LogP contribution >= 0.6 is 0 Å². The maximum Gasteiger partial charge on any atom is 0.108 e. The highest BCUT2D eigenvalue weighted by Gasteiger charge is 1.98. The van der Waals surface area contributed by atoms with Gasteiger partial charge in [-0.15, -0.1) is 0 Å². The van der Waals surface area contributed by atoms with Crippen molar-refractivity contribution in [2.75, 3.05) is 12.4 Å². The smallest absolute Gasteiger partial charge is 0.108 e. The van der Waals surface area contributed by atoms with Crippen LogP contribution in [-0.2, 0) is 0 Å². The summed E-state index contributed by atoms with van der Waals surface area (Å²) in [5.41, 5.74) is 1.99. The van der Waals surface area contributed by atoms with Crippen LogP contribution in [0.25, 0.3) is 5.52 Å². The number of fused-ring (bicyclic) bond motifs is 1. The largest absolute Gasteiger partial charge is 0.385 e. The molecule has 2 aromatic rings. The molecule has 2 rings (SSSR count). The van der Waals surface area contributed by atoms with Crippen molar-refractivity contribution in [3.63, 3.8) is 0 Å². The fourth-order valence-electron chi connectivity index (χ4n) is 1.03. The molecule has 0 aromatic carbocycles. The Balaban J connectivity index is 2.76. The van der Waals surface area contributed by atoms with Gasteiger partial charge in [0.15, 0.2) is 0 Å². The summed E-state index contributed by atoms with van der Waals surface area (Å²) in [6.07, 6.45) is 7.07. The van der Waals surface area contributed by atoms with Crippen LogP contribution < -0.4 is 5.32 Å². The monoisotopic (exact) mass is 148 g/mol. The molecule has 0 saturated heterocycles. The normalized spacial score (nSPS) is 10.3. The van der Waals surface area contributed by atoms with E-state index in [1.165, 1.54) is 0 Å². The summed E-state index contributed by atoms with van der Waals surface area (Å²) >= 11 is 0. The first-order chi connectivity index (χ1) is 5.42. The van der Waals surface area contributed by atoms with Crippen molar-refractivity contribution in [1.29, 1.82) is 0 Å². The molecule has 0 aliphatic carbocycles. The van der Waals surface area contributed by atoms with E-state index in [0.29, 0.717) is 0 Å². The second kappa shape index (κ2) is 2.23. The van der Waals surface area contributed by atoms with Gasteiger partial charge in [0, 0.05) is 19.4 Å². The van der Waals surface area contributed by atoms with Gasteiger partial charge in [0.05, 0.1) is 18.1 Å². The first-order valence-corrected chi connectivity index (χ1v) is 3.37. The predicted molar refractivity (Wildman–Crippen MR) is 42.5 cm³/mol. The maximum atomic E-state index is 4.10. The maximum absolute atomic E-state index is 4.10. The van der Waals surface area contributed by atoms with E-state index in [9.17, 15) is 0 Å². The molecule has 2 aromatic heterocycles. The van der Waals surface area contributed by atoms with Crippen molar-refractivity contribution in [2.45, 2.75) is 0 Å². The van der Waals surface area contributed by atoms with Crippen LogP contribution in [0.5, 0.6) is 0 Å². The van der Waals surface area contributed by atoms with Gasteiger partial charge in [0.1, 0.15) is 5.52 Å². The number of hydrogen-bond acceptors (Lipinski definition) is 3. The second-order valence-electron chi connectivity index (χ2n) is 2.21. The summed E-state index contributed by atoms with van der Waals surface area (Å²) < 4.78 is 1.78. The molecule has 56 valence electrons. The van der Waals surface area contributed by atoms with E-state index in [2.05, 4.69) is 15.4 Å². The van der Waals surface area contributed by atoms with E-state index in [1.54, 1.807) is 23.1 Å². The van der Waals surface area contributed by atoms with Gasteiger partial charge in [-0.1, -0.05) is 0 Å². The molecule has 0 bridgehead atoms. The highest BCUT2D eigenvalue weighted by molar-refractivity contribution is 5.69. The van der Waals surface area contributed by atoms with Gasteiger partial charge in [-0.05, 0) is 0 Å². The Morgan fingerprint density at radius 3 is 3.18 bits per heavy atom. The molecule has 0 amide bonds. The van der Waals surface area contributed by atoms with Crippen molar-refractivity contribution in [1.82, 2.24) is 14.6 Å². The summed E-state index contributed by atoms with van der Waals surface area (Å²) in [5, 5.41) is 7.13.